The van der Waals surface area contributed by atoms with E-state index in [0.29, 0.717) is 11.6 Å². The Labute approximate surface area is 127 Å². The van der Waals surface area contributed by atoms with Crippen molar-refractivity contribution in [2.75, 3.05) is 20.2 Å². The summed E-state index contributed by atoms with van der Waals surface area (Å²) in [5.74, 6) is -0.179. The van der Waals surface area contributed by atoms with Crippen LogP contribution < -0.4 is 0 Å². The van der Waals surface area contributed by atoms with Gasteiger partial charge in [0.2, 0.25) is 0 Å². The van der Waals surface area contributed by atoms with Crippen LogP contribution in [0.15, 0.2) is 18.2 Å². The van der Waals surface area contributed by atoms with Gasteiger partial charge >= 0.3 is 5.97 Å². The Balaban J connectivity index is 1.95. The molecule has 6 nitrogen and oxygen atoms in total. The third kappa shape index (κ3) is 3.92. The zero-order chi connectivity index (χ0) is 15.4. The van der Waals surface area contributed by atoms with Crippen LogP contribution in [0, 0.1) is 16.0 Å². The summed E-state index contributed by atoms with van der Waals surface area (Å²) in [5, 5.41) is 11.1. The van der Waals surface area contributed by atoms with Crippen LogP contribution in [0.2, 0.25) is 5.02 Å². The maximum absolute atomic E-state index is 11.5. The molecule has 0 aromatic heterocycles. The van der Waals surface area contributed by atoms with Crippen molar-refractivity contribution in [2.24, 2.45) is 5.92 Å². The van der Waals surface area contributed by atoms with Crippen molar-refractivity contribution in [3.63, 3.8) is 0 Å². The summed E-state index contributed by atoms with van der Waals surface area (Å²) in [6.07, 6.45) is 1.52. The lowest BCUT2D eigenvalue weighted by atomic mass is 9.96. The lowest BCUT2D eigenvalue weighted by Gasteiger charge is -2.30. The number of esters is 1. The molecule has 0 amide bonds. The molecule has 1 aliphatic heterocycles. The van der Waals surface area contributed by atoms with Gasteiger partial charge in [-0.25, -0.2) is 0 Å². The lowest BCUT2D eigenvalue weighted by molar-refractivity contribution is -0.384. The van der Waals surface area contributed by atoms with Gasteiger partial charge in [-0.3, -0.25) is 19.8 Å². The number of piperidine rings is 1. The summed E-state index contributed by atoms with van der Waals surface area (Å²) in [6, 6.07) is 4.52. The Morgan fingerprint density at radius 1 is 1.48 bits per heavy atom. The highest BCUT2D eigenvalue weighted by Crippen LogP contribution is 2.26. The van der Waals surface area contributed by atoms with Gasteiger partial charge in [-0.15, -0.1) is 0 Å². The van der Waals surface area contributed by atoms with Crippen LogP contribution in [0.25, 0.3) is 0 Å². The molecule has 0 aliphatic carbocycles. The first kappa shape index (κ1) is 15.7. The standard InChI is InChI=1S/C14H17ClN2O4/c1-21-14(18)10-4-6-16(7-5-10)9-11-2-3-12(17(19)20)8-13(11)15/h2-3,8,10H,4-7,9H2,1H3. The quantitative estimate of drug-likeness (QED) is 0.485. The zero-order valence-electron chi connectivity index (χ0n) is 11.8. The number of ether oxygens (including phenoxy) is 1. The van der Waals surface area contributed by atoms with E-state index in [1.807, 2.05) is 0 Å². The van der Waals surface area contributed by atoms with Crippen molar-refractivity contribution < 1.29 is 14.5 Å². The molecule has 2 rings (SSSR count). The second-order valence-corrected chi connectivity index (χ2v) is 5.51. The van der Waals surface area contributed by atoms with E-state index < -0.39 is 4.92 Å². The third-order valence-electron chi connectivity index (χ3n) is 3.76. The molecule has 1 saturated heterocycles. The van der Waals surface area contributed by atoms with E-state index >= 15 is 0 Å². The number of nitrogens with zero attached hydrogens (tertiary/aromatic N) is 2. The van der Waals surface area contributed by atoms with Crippen molar-refractivity contribution in [3.05, 3.63) is 38.9 Å². The molecule has 1 aliphatic rings. The molecule has 1 aromatic rings. The number of halogens is 1. The maximum atomic E-state index is 11.5. The number of carbonyl (C=O) groups is 1. The van der Waals surface area contributed by atoms with Crippen LogP contribution in [0.4, 0.5) is 5.69 Å². The van der Waals surface area contributed by atoms with Crippen molar-refractivity contribution in [3.8, 4) is 0 Å². The number of carbonyl (C=O) groups excluding carboxylic acids is 1. The highest BCUT2D eigenvalue weighted by molar-refractivity contribution is 6.31. The predicted octanol–water partition coefficient (Wildman–Crippen LogP) is 2.63. The second kappa shape index (κ2) is 6.87. The Morgan fingerprint density at radius 3 is 2.67 bits per heavy atom. The monoisotopic (exact) mass is 312 g/mol. The van der Waals surface area contributed by atoms with Crippen molar-refractivity contribution in [1.29, 1.82) is 0 Å². The Hall–Kier alpha value is -1.66. The molecular weight excluding hydrogens is 296 g/mol. The summed E-state index contributed by atoms with van der Waals surface area (Å²) in [6.45, 7) is 2.20. The van der Waals surface area contributed by atoms with Crippen LogP contribution in [0.5, 0.6) is 0 Å². The zero-order valence-corrected chi connectivity index (χ0v) is 12.5. The summed E-state index contributed by atoms with van der Waals surface area (Å²) in [4.78, 5) is 23.9. The number of nitro groups is 1. The summed E-state index contributed by atoms with van der Waals surface area (Å²) < 4.78 is 4.76. The number of rotatable bonds is 4. The molecule has 0 atom stereocenters. The normalized spacial score (nSPS) is 16.7. The smallest absolute Gasteiger partial charge is 0.308 e. The van der Waals surface area contributed by atoms with Crippen molar-refractivity contribution in [2.45, 2.75) is 19.4 Å². The first-order valence-electron chi connectivity index (χ1n) is 6.74. The van der Waals surface area contributed by atoms with Gasteiger partial charge in [-0.1, -0.05) is 11.6 Å². The van der Waals surface area contributed by atoms with Crippen molar-refractivity contribution in [1.82, 2.24) is 4.90 Å². The van der Waals surface area contributed by atoms with E-state index in [0.717, 1.165) is 31.5 Å². The van der Waals surface area contributed by atoms with E-state index in [-0.39, 0.29) is 17.6 Å². The molecule has 0 N–H and O–H groups in total. The number of likely N-dealkylation sites (tertiary alicyclic amines) is 1. The van der Waals surface area contributed by atoms with E-state index in [4.69, 9.17) is 16.3 Å². The molecule has 7 heteroatoms. The summed E-state index contributed by atoms with van der Waals surface area (Å²) in [7, 11) is 1.41. The fourth-order valence-corrected chi connectivity index (χ4v) is 2.75. The third-order valence-corrected chi connectivity index (χ3v) is 4.12. The van der Waals surface area contributed by atoms with Gasteiger partial charge in [0, 0.05) is 18.7 Å². The number of nitro benzene ring substituents is 1. The highest BCUT2D eigenvalue weighted by atomic mass is 35.5. The molecule has 0 saturated carbocycles. The predicted molar refractivity (Wildman–Crippen MR) is 78.1 cm³/mol. The fourth-order valence-electron chi connectivity index (χ4n) is 2.51. The minimum Gasteiger partial charge on any atom is -0.469 e. The van der Waals surface area contributed by atoms with Gasteiger partial charge in [-0.05, 0) is 37.6 Å². The highest BCUT2D eigenvalue weighted by Gasteiger charge is 2.25. The Kier molecular flexibility index (Phi) is 5.14. The topological polar surface area (TPSA) is 72.7 Å². The minimum absolute atomic E-state index is 0.00634. The molecular formula is C14H17ClN2O4. The first-order valence-corrected chi connectivity index (χ1v) is 7.12. The number of methoxy groups -OCH3 is 1. The van der Waals surface area contributed by atoms with Gasteiger partial charge in [0.05, 0.1) is 23.0 Å². The SMILES string of the molecule is COC(=O)C1CCN(Cc2ccc([N+](=O)[O-])cc2Cl)CC1. The second-order valence-electron chi connectivity index (χ2n) is 5.11. The van der Waals surface area contributed by atoms with Gasteiger partial charge in [0.1, 0.15) is 0 Å². The van der Waals surface area contributed by atoms with Crippen LogP contribution in [-0.2, 0) is 16.1 Å². The number of hydrogen-bond acceptors (Lipinski definition) is 5. The fraction of sp³-hybridized carbons (Fsp3) is 0.500. The molecule has 1 heterocycles. The van der Waals surface area contributed by atoms with E-state index in [9.17, 15) is 14.9 Å². The van der Waals surface area contributed by atoms with E-state index in [1.165, 1.54) is 19.2 Å². The molecule has 0 unspecified atom stereocenters. The lowest BCUT2D eigenvalue weighted by Crippen LogP contribution is -2.36. The number of non-ortho nitro benzene ring substituents is 1. The van der Waals surface area contributed by atoms with Crippen molar-refractivity contribution >= 4 is 23.3 Å². The molecule has 0 radical (unpaired) electrons. The minimum atomic E-state index is -0.461. The maximum Gasteiger partial charge on any atom is 0.308 e. The van der Waals surface area contributed by atoms with Crippen LogP contribution in [0.3, 0.4) is 0 Å². The number of hydrogen-bond donors (Lipinski definition) is 0. The van der Waals surface area contributed by atoms with E-state index in [2.05, 4.69) is 4.90 Å². The van der Waals surface area contributed by atoms with Gasteiger partial charge < -0.3 is 4.74 Å². The van der Waals surface area contributed by atoms with Gasteiger partial charge in [0.25, 0.3) is 5.69 Å². The van der Waals surface area contributed by atoms with Gasteiger partial charge in [0.15, 0.2) is 0 Å². The molecule has 21 heavy (non-hydrogen) atoms. The molecule has 0 spiro atoms. The summed E-state index contributed by atoms with van der Waals surface area (Å²) >= 11 is 6.09. The average Bonchev–Trinajstić information content (AvgIpc) is 2.49. The molecule has 0 bridgehead atoms. The van der Waals surface area contributed by atoms with E-state index in [1.54, 1.807) is 6.07 Å². The Morgan fingerprint density at radius 2 is 2.14 bits per heavy atom. The first-order chi connectivity index (χ1) is 10.0. The van der Waals surface area contributed by atoms with Crippen LogP contribution >= 0.6 is 11.6 Å². The van der Waals surface area contributed by atoms with Crippen LogP contribution in [0.1, 0.15) is 18.4 Å². The largest absolute Gasteiger partial charge is 0.469 e. The Bertz CT molecular complexity index is 542. The van der Waals surface area contributed by atoms with Gasteiger partial charge in [-0.2, -0.15) is 0 Å². The average molecular weight is 313 g/mol. The van der Waals surface area contributed by atoms with Crippen LogP contribution in [-0.4, -0.2) is 36.0 Å². The molecule has 1 aromatic carbocycles. The summed E-state index contributed by atoms with van der Waals surface area (Å²) in [5.41, 5.74) is 0.854. The number of benzene rings is 1. The molecule has 1 fully saturated rings. The molecule has 114 valence electrons.